The quantitative estimate of drug-likeness (QED) is 0.835. The number of rotatable bonds is 6. The van der Waals surface area contributed by atoms with E-state index < -0.39 is 11.9 Å². The molecule has 6 heteroatoms. The van der Waals surface area contributed by atoms with Crippen LogP contribution in [0.25, 0.3) is 0 Å². The van der Waals surface area contributed by atoms with Gasteiger partial charge in [-0.15, -0.1) is 0 Å². The minimum absolute atomic E-state index is 0.347. The van der Waals surface area contributed by atoms with Crippen LogP contribution in [0.1, 0.15) is 28.8 Å². The van der Waals surface area contributed by atoms with Gasteiger partial charge in [-0.2, -0.15) is 0 Å². The number of nitrogens with two attached hydrogens (primary N) is 1. The summed E-state index contributed by atoms with van der Waals surface area (Å²) in [5, 5.41) is 2.70. The molecule has 3 N–H and O–H groups in total. The molecule has 1 aliphatic rings. The first-order valence-electron chi connectivity index (χ1n) is 8.48. The van der Waals surface area contributed by atoms with E-state index in [1.165, 1.54) is 12.8 Å². The highest BCUT2D eigenvalue weighted by molar-refractivity contribution is 5.97. The molecule has 0 spiro atoms. The van der Waals surface area contributed by atoms with E-state index in [1.54, 1.807) is 12.3 Å². The van der Waals surface area contributed by atoms with E-state index in [0.29, 0.717) is 12.0 Å². The normalized spacial score (nSPS) is 15.0. The van der Waals surface area contributed by atoms with Crippen LogP contribution in [0.4, 0.5) is 5.82 Å². The van der Waals surface area contributed by atoms with Crippen molar-refractivity contribution in [3.8, 4) is 0 Å². The third kappa shape index (κ3) is 4.35. The van der Waals surface area contributed by atoms with Crippen LogP contribution < -0.4 is 16.0 Å². The molecule has 1 atom stereocenters. The summed E-state index contributed by atoms with van der Waals surface area (Å²) in [7, 11) is 0. The number of benzene rings is 1. The Morgan fingerprint density at radius 2 is 1.84 bits per heavy atom. The summed E-state index contributed by atoms with van der Waals surface area (Å²) in [5.74, 6) is -0.0242. The third-order valence-corrected chi connectivity index (χ3v) is 4.37. The molecule has 1 aliphatic heterocycles. The van der Waals surface area contributed by atoms with Crippen LogP contribution in [0.3, 0.4) is 0 Å². The fraction of sp³-hybridized carbons (Fsp3) is 0.316. The van der Waals surface area contributed by atoms with E-state index in [4.69, 9.17) is 5.73 Å². The lowest BCUT2D eigenvalue weighted by molar-refractivity contribution is -0.119. The van der Waals surface area contributed by atoms with Gasteiger partial charge in [-0.25, -0.2) is 4.98 Å². The number of nitrogens with zero attached hydrogens (tertiary/aromatic N) is 2. The van der Waals surface area contributed by atoms with Crippen molar-refractivity contribution in [3.05, 3.63) is 59.8 Å². The van der Waals surface area contributed by atoms with E-state index in [-0.39, 0.29) is 5.91 Å². The minimum atomic E-state index is -0.756. The Labute approximate surface area is 147 Å². The molecule has 1 aromatic heterocycles. The first-order chi connectivity index (χ1) is 12.1. The van der Waals surface area contributed by atoms with E-state index >= 15 is 0 Å². The highest BCUT2D eigenvalue weighted by Crippen LogP contribution is 2.17. The standard InChI is InChI=1S/C19H22N4O2/c20-18(24)16(12-14-6-2-1-3-7-14)22-19(25)15-8-9-17(21-13-15)23-10-4-5-11-23/h1-3,6-9,13,16H,4-5,10-12H2,(H2,20,24)(H,22,25)/t16-/m1/s1. The SMILES string of the molecule is NC(=O)[C@@H](Cc1ccccc1)NC(=O)c1ccc(N2CCCC2)nc1. The van der Waals surface area contributed by atoms with Crippen molar-refractivity contribution >= 4 is 17.6 Å². The van der Waals surface area contributed by atoms with Gasteiger partial charge in [0.15, 0.2) is 0 Å². The molecule has 0 aliphatic carbocycles. The van der Waals surface area contributed by atoms with Gasteiger partial charge in [0.2, 0.25) is 5.91 Å². The maximum absolute atomic E-state index is 12.4. The van der Waals surface area contributed by atoms with Gasteiger partial charge in [0, 0.05) is 25.7 Å². The molecule has 1 aromatic carbocycles. The lowest BCUT2D eigenvalue weighted by Gasteiger charge is -2.17. The smallest absolute Gasteiger partial charge is 0.253 e. The van der Waals surface area contributed by atoms with Gasteiger partial charge < -0.3 is 16.0 Å². The summed E-state index contributed by atoms with van der Waals surface area (Å²) in [4.78, 5) is 30.7. The predicted octanol–water partition coefficient (Wildman–Crippen LogP) is 1.51. The van der Waals surface area contributed by atoms with Crippen molar-refractivity contribution in [3.63, 3.8) is 0 Å². The number of carbonyl (C=O) groups excluding carboxylic acids is 2. The van der Waals surface area contributed by atoms with Crippen molar-refractivity contribution in [2.75, 3.05) is 18.0 Å². The first-order valence-corrected chi connectivity index (χ1v) is 8.48. The number of primary amides is 1. The molecule has 1 saturated heterocycles. The number of hydrogen-bond donors (Lipinski definition) is 2. The molecule has 0 saturated carbocycles. The Bertz CT molecular complexity index is 725. The number of anilines is 1. The zero-order valence-electron chi connectivity index (χ0n) is 14.0. The molecule has 25 heavy (non-hydrogen) atoms. The molecule has 2 amide bonds. The maximum atomic E-state index is 12.4. The van der Waals surface area contributed by atoms with Gasteiger partial charge in [-0.05, 0) is 30.5 Å². The summed E-state index contributed by atoms with van der Waals surface area (Å²) in [6, 6.07) is 12.3. The van der Waals surface area contributed by atoms with Gasteiger partial charge in [0.1, 0.15) is 11.9 Å². The number of aromatic nitrogens is 1. The molecule has 6 nitrogen and oxygen atoms in total. The maximum Gasteiger partial charge on any atom is 0.253 e. The molecule has 1 fully saturated rings. The fourth-order valence-electron chi connectivity index (χ4n) is 2.97. The topological polar surface area (TPSA) is 88.3 Å². The van der Waals surface area contributed by atoms with Crippen LogP contribution in [-0.4, -0.2) is 35.9 Å². The number of hydrogen-bond acceptors (Lipinski definition) is 4. The number of pyridine rings is 1. The van der Waals surface area contributed by atoms with E-state index in [1.807, 2.05) is 36.4 Å². The van der Waals surface area contributed by atoms with Crippen LogP contribution in [-0.2, 0) is 11.2 Å². The zero-order valence-corrected chi connectivity index (χ0v) is 14.0. The molecule has 0 bridgehead atoms. The Hall–Kier alpha value is -2.89. The monoisotopic (exact) mass is 338 g/mol. The van der Waals surface area contributed by atoms with Gasteiger partial charge in [0.05, 0.1) is 5.56 Å². The Morgan fingerprint density at radius 3 is 2.44 bits per heavy atom. The van der Waals surface area contributed by atoms with Gasteiger partial charge in [-0.3, -0.25) is 9.59 Å². The van der Waals surface area contributed by atoms with Crippen LogP contribution in [0.2, 0.25) is 0 Å². The average Bonchev–Trinajstić information content (AvgIpc) is 3.16. The second-order valence-electron chi connectivity index (χ2n) is 6.22. The molecule has 2 aromatic rings. The van der Waals surface area contributed by atoms with Crippen molar-refractivity contribution in [1.29, 1.82) is 0 Å². The lowest BCUT2D eigenvalue weighted by atomic mass is 10.1. The highest BCUT2D eigenvalue weighted by Gasteiger charge is 2.20. The molecule has 0 radical (unpaired) electrons. The zero-order chi connectivity index (χ0) is 17.6. The van der Waals surface area contributed by atoms with Gasteiger partial charge in [-0.1, -0.05) is 30.3 Å². The second kappa shape index (κ2) is 7.79. The second-order valence-corrected chi connectivity index (χ2v) is 6.22. The molecule has 2 heterocycles. The molecular formula is C19H22N4O2. The van der Waals surface area contributed by atoms with Crippen LogP contribution in [0.5, 0.6) is 0 Å². The number of nitrogens with one attached hydrogen (secondary N) is 1. The van der Waals surface area contributed by atoms with Crippen molar-refractivity contribution < 1.29 is 9.59 Å². The highest BCUT2D eigenvalue weighted by atomic mass is 16.2. The summed E-state index contributed by atoms with van der Waals surface area (Å²) in [6.45, 7) is 2.00. The molecular weight excluding hydrogens is 316 g/mol. The first kappa shape index (κ1) is 17.0. The number of carbonyl (C=O) groups is 2. The summed E-state index contributed by atoms with van der Waals surface area (Å²) in [6.07, 6.45) is 4.25. The van der Waals surface area contributed by atoms with Crippen LogP contribution in [0.15, 0.2) is 48.7 Å². The van der Waals surface area contributed by atoms with E-state index in [0.717, 1.165) is 24.5 Å². The molecule has 0 unspecified atom stereocenters. The Kier molecular flexibility index (Phi) is 5.28. The largest absolute Gasteiger partial charge is 0.368 e. The number of amides is 2. The van der Waals surface area contributed by atoms with E-state index in [2.05, 4.69) is 15.2 Å². The predicted molar refractivity (Wildman–Crippen MR) is 96.3 cm³/mol. The van der Waals surface area contributed by atoms with Gasteiger partial charge >= 0.3 is 0 Å². The average molecular weight is 338 g/mol. The Morgan fingerprint density at radius 1 is 1.12 bits per heavy atom. The summed E-state index contributed by atoms with van der Waals surface area (Å²) in [5.41, 5.74) is 6.80. The molecule has 130 valence electrons. The fourth-order valence-corrected chi connectivity index (χ4v) is 2.97. The summed E-state index contributed by atoms with van der Waals surface area (Å²) >= 11 is 0. The molecule has 3 rings (SSSR count). The van der Waals surface area contributed by atoms with Crippen LogP contribution in [0, 0.1) is 0 Å². The third-order valence-electron chi connectivity index (χ3n) is 4.37. The van der Waals surface area contributed by atoms with Crippen molar-refractivity contribution in [2.45, 2.75) is 25.3 Å². The van der Waals surface area contributed by atoms with Crippen LogP contribution >= 0.6 is 0 Å². The minimum Gasteiger partial charge on any atom is -0.368 e. The van der Waals surface area contributed by atoms with Crippen molar-refractivity contribution in [1.82, 2.24) is 10.3 Å². The Balaban J connectivity index is 1.65. The lowest BCUT2D eigenvalue weighted by Crippen LogP contribution is -2.45. The van der Waals surface area contributed by atoms with Gasteiger partial charge in [0.25, 0.3) is 5.91 Å². The van der Waals surface area contributed by atoms with Crippen molar-refractivity contribution in [2.24, 2.45) is 5.73 Å². The van der Waals surface area contributed by atoms with E-state index in [9.17, 15) is 9.59 Å². The summed E-state index contributed by atoms with van der Waals surface area (Å²) < 4.78 is 0.